The lowest BCUT2D eigenvalue weighted by Gasteiger charge is -2.13. The van der Waals surface area contributed by atoms with Crippen molar-refractivity contribution >= 4 is 50.2 Å². The number of aliphatic imine (C=N–C) groups is 1. The van der Waals surface area contributed by atoms with E-state index in [2.05, 4.69) is 43.5 Å². The van der Waals surface area contributed by atoms with Crippen molar-refractivity contribution < 1.29 is 1.41 Å². The molecule has 0 spiro atoms. The summed E-state index contributed by atoms with van der Waals surface area (Å²) >= 11 is 5.66. The number of anilines is 1. The number of nitrogens with one attached hydrogen (secondary N) is 1. The van der Waals surface area contributed by atoms with Crippen LogP contribution in [0.4, 0.5) is 5.82 Å². The van der Waals surface area contributed by atoms with E-state index in [1.165, 1.54) is 5.31 Å². The third kappa shape index (κ3) is 1.26. The van der Waals surface area contributed by atoms with E-state index in [1.54, 1.807) is 0 Å². The van der Waals surface area contributed by atoms with Gasteiger partial charge in [-0.1, -0.05) is 0 Å². The van der Waals surface area contributed by atoms with E-state index in [0.29, 0.717) is 12.5 Å². The van der Waals surface area contributed by atoms with E-state index in [9.17, 15) is 0 Å². The minimum atomic E-state index is 0.291. The zero-order valence-electron chi connectivity index (χ0n) is 7.88. The Balaban J connectivity index is 2.76. The number of amidine groups is 1. The molecule has 0 fully saturated rings. The molecule has 3 N–H and O–H groups in total. The van der Waals surface area contributed by atoms with Gasteiger partial charge in [0.25, 0.3) is 0 Å². The predicted molar refractivity (Wildman–Crippen MR) is 65.0 cm³/mol. The summed E-state index contributed by atoms with van der Waals surface area (Å²) in [6, 6.07) is 0. The average Bonchev–Trinajstić information content (AvgIpc) is 2.38. The van der Waals surface area contributed by atoms with Gasteiger partial charge in [-0.05, 0) is 38.5 Å². The molecule has 0 aliphatic carbocycles. The van der Waals surface area contributed by atoms with Crippen LogP contribution in [0.25, 0.3) is 0 Å². The molecule has 0 aromatic carbocycles. The normalized spacial score (nSPS) is 16.7. The zero-order valence-corrected chi connectivity index (χ0v) is 10.6. The van der Waals surface area contributed by atoms with Crippen LogP contribution in [0.3, 0.4) is 0 Å². The molecule has 0 bridgehead atoms. The van der Waals surface area contributed by atoms with Gasteiger partial charge in [0, 0.05) is 7.05 Å². The number of nitrogens with two attached hydrogens (primary N) is 1. The van der Waals surface area contributed by atoms with Crippen molar-refractivity contribution in [2.75, 3.05) is 12.0 Å². The number of rotatable bonds is 0. The van der Waals surface area contributed by atoms with Crippen molar-refractivity contribution in [3.05, 3.63) is 13.7 Å². The second-order valence-electron chi connectivity index (χ2n) is 2.71. The fourth-order valence-electron chi connectivity index (χ4n) is 1.28. The van der Waals surface area contributed by atoms with Crippen molar-refractivity contribution in [1.82, 2.24) is 4.57 Å². The molecule has 0 amide bonds. The summed E-state index contributed by atoms with van der Waals surface area (Å²) in [6.45, 7) is 0.291. The highest BCUT2D eigenvalue weighted by molar-refractivity contribution is 14.1. The van der Waals surface area contributed by atoms with Crippen LogP contribution in [0.2, 0.25) is 1.41 Å². The third-order valence-corrected chi connectivity index (χ3v) is 4.73. The quantitative estimate of drug-likeness (QED) is 0.692. The SMILES string of the molecule is [2H]N1CN=C(N)c2c(Br)c(I)n(C)c21. The second-order valence-corrected chi connectivity index (χ2v) is 4.52. The summed E-state index contributed by atoms with van der Waals surface area (Å²) in [5.41, 5.74) is 6.60. The Morgan fingerprint density at radius 2 is 2.54 bits per heavy atom. The van der Waals surface area contributed by atoms with Crippen LogP contribution in [-0.4, -0.2) is 17.1 Å². The van der Waals surface area contributed by atoms with Crippen LogP contribution in [0, 0.1) is 3.70 Å². The molecule has 0 saturated carbocycles. The molecule has 13 heavy (non-hydrogen) atoms. The summed E-state index contributed by atoms with van der Waals surface area (Å²) in [5, 5.41) is 1.33. The first kappa shape index (κ1) is 8.10. The number of fused-ring (bicyclic) bond motifs is 1. The van der Waals surface area contributed by atoms with E-state index in [-0.39, 0.29) is 0 Å². The van der Waals surface area contributed by atoms with Crippen molar-refractivity contribution in [2.24, 2.45) is 17.8 Å². The maximum absolute atomic E-state index is 7.72. The van der Waals surface area contributed by atoms with Crippen molar-refractivity contribution in [1.29, 1.82) is 0 Å². The van der Waals surface area contributed by atoms with Gasteiger partial charge in [0.1, 0.15) is 18.3 Å². The largest absolute Gasteiger partial charge is 0.383 e. The van der Waals surface area contributed by atoms with E-state index in [0.717, 1.165) is 19.6 Å². The van der Waals surface area contributed by atoms with Gasteiger partial charge in [-0.3, -0.25) is 0 Å². The summed E-state index contributed by atoms with van der Waals surface area (Å²) in [4.78, 5) is 4.05. The molecule has 2 rings (SSSR count). The molecule has 0 unspecified atom stereocenters. The Morgan fingerprint density at radius 1 is 1.85 bits per heavy atom. The topological polar surface area (TPSA) is 55.3 Å². The first-order chi connectivity index (χ1) is 6.54. The lowest BCUT2D eigenvalue weighted by Crippen LogP contribution is -2.22. The van der Waals surface area contributed by atoms with E-state index < -0.39 is 0 Å². The predicted octanol–water partition coefficient (Wildman–Crippen LogP) is 1.48. The van der Waals surface area contributed by atoms with Gasteiger partial charge in [-0.2, -0.15) is 0 Å². The van der Waals surface area contributed by atoms with E-state index >= 15 is 0 Å². The van der Waals surface area contributed by atoms with Crippen LogP contribution < -0.4 is 11.0 Å². The van der Waals surface area contributed by atoms with Gasteiger partial charge in [-0.15, -0.1) is 0 Å². The molecule has 4 nitrogen and oxygen atoms in total. The monoisotopic (exact) mass is 355 g/mol. The highest BCUT2D eigenvalue weighted by Crippen LogP contribution is 2.33. The van der Waals surface area contributed by atoms with Crippen molar-refractivity contribution in [3.63, 3.8) is 0 Å². The number of nitrogens with zero attached hydrogens (tertiary/aromatic N) is 2. The summed E-state index contributed by atoms with van der Waals surface area (Å²) in [7, 11) is 1.91. The Labute approximate surface area is 99.3 Å². The molecule has 6 heteroatoms. The minimum Gasteiger partial charge on any atom is -0.383 e. The summed E-state index contributed by atoms with van der Waals surface area (Å²) < 4.78 is 11.6. The fourth-order valence-corrected chi connectivity index (χ4v) is 2.42. The first-order valence-electron chi connectivity index (χ1n) is 4.09. The minimum absolute atomic E-state index is 0.291. The molecule has 0 radical (unpaired) electrons. The number of halogens is 2. The molecule has 0 atom stereocenters. The highest BCUT2D eigenvalue weighted by atomic mass is 127. The third-order valence-electron chi connectivity index (χ3n) is 1.95. The molecule has 0 saturated heterocycles. The van der Waals surface area contributed by atoms with Gasteiger partial charge in [-0.25, -0.2) is 4.99 Å². The number of hydrogen-bond acceptors (Lipinski definition) is 3. The number of hydrogen-bond donors (Lipinski definition) is 2. The Hall–Kier alpha value is -0.240. The van der Waals surface area contributed by atoms with Gasteiger partial charge in [0.2, 0.25) is 0 Å². The van der Waals surface area contributed by atoms with Crippen LogP contribution >= 0.6 is 38.5 Å². The fraction of sp³-hybridized carbons (Fsp3) is 0.286. The van der Waals surface area contributed by atoms with Gasteiger partial charge in [0.05, 0.1) is 13.7 Å². The van der Waals surface area contributed by atoms with Crippen molar-refractivity contribution in [3.8, 4) is 0 Å². The highest BCUT2D eigenvalue weighted by Gasteiger charge is 2.22. The Bertz CT molecular complexity index is 428. The Kier molecular flexibility index (Phi) is 1.97. The van der Waals surface area contributed by atoms with Crippen LogP contribution in [0.15, 0.2) is 9.47 Å². The lowest BCUT2D eigenvalue weighted by molar-refractivity contribution is 0.885. The van der Waals surface area contributed by atoms with Crippen LogP contribution in [0.5, 0.6) is 0 Å². The summed E-state index contributed by atoms with van der Waals surface area (Å²) in [6.07, 6.45) is 0. The molecular weight excluding hydrogens is 347 g/mol. The maximum atomic E-state index is 7.72. The molecular formula is C7H8BrIN4. The van der Waals surface area contributed by atoms with E-state index in [1.807, 2.05) is 11.6 Å². The Morgan fingerprint density at radius 3 is 3.15 bits per heavy atom. The standard InChI is InChI=1S/C7H8BrIN4/c1-13-5(9)4(8)3-6(10)11-2-12-7(3)13/h12H,2H2,1H3,(H2,10,11)/i/hD. The smallest absolute Gasteiger partial charge is 0.163 e. The summed E-state index contributed by atoms with van der Waals surface area (Å²) in [5.74, 6) is 1.28. The number of aromatic nitrogens is 1. The van der Waals surface area contributed by atoms with Gasteiger partial charge in [0.15, 0.2) is 1.41 Å². The molecule has 2 heterocycles. The molecule has 1 aliphatic heterocycles. The van der Waals surface area contributed by atoms with Gasteiger partial charge >= 0.3 is 0 Å². The molecule has 1 aromatic rings. The zero-order chi connectivity index (χ0) is 10.5. The maximum Gasteiger partial charge on any atom is 0.163 e. The van der Waals surface area contributed by atoms with Crippen LogP contribution in [0.1, 0.15) is 5.56 Å². The molecule has 1 aromatic heterocycles. The second kappa shape index (κ2) is 3.16. The molecule has 1 aliphatic rings. The van der Waals surface area contributed by atoms with Crippen LogP contribution in [-0.2, 0) is 7.05 Å². The van der Waals surface area contributed by atoms with Crippen molar-refractivity contribution in [2.45, 2.75) is 0 Å². The first-order valence-corrected chi connectivity index (χ1v) is 5.51. The van der Waals surface area contributed by atoms with Gasteiger partial charge < -0.3 is 15.6 Å². The molecule has 70 valence electrons. The van der Waals surface area contributed by atoms with E-state index in [4.69, 9.17) is 7.15 Å². The lowest BCUT2D eigenvalue weighted by atomic mass is 10.2. The average molecular weight is 356 g/mol.